The van der Waals surface area contributed by atoms with E-state index in [1.807, 2.05) is 61.2 Å². The molecule has 8 heteroatoms. The van der Waals surface area contributed by atoms with Crippen molar-refractivity contribution in [2.45, 2.75) is 51.7 Å². The summed E-state index contributed by atoms with van der Waals surface area (Å²) in [6, 6.07) is 13.5. The standard InChI is InChI=1S/C26H31N3O5/c1-17-13-18(2)15-19(14-17)16-23(24(30)31)34-26(33)28-10-8-21(9-11-28)29-12-7-20-5-3-4-6-22(20)27-25(29)32/h3-6,13-15,21,23H,7-12,16H2,1-2H3,(H,27,32)(H,30,31). The number of hydrogen-bond donors (Lipinski definition) is 2. The van der Waals surface area contributed by atoms with Gasteiger partial charge in [-0.3, -0.25) is 0 Å². The summed E-state index contributed by atoms with van der Waals surface area (Å²) in [6.45, 7) is 5.35. The highest BCUT2D eigenvalue weighted by atomic mass is 16.6. The van der Waals surface area contributed by atoms with E-state index in [4.69, 9.17) is 4.74 Å². The van der Waals surface area contributed by atoms with Crippen LogP contribution in [0, 0.1) is 13.8 Å². The number of aryl methyl sites for hydroxylation is 2. The smallest absolute Gasteiger partial charge is 0.410 e. The summed E-state index contributed by atoms with van der Waals surface area (Å²) in [7, 11) is 0. The molecule has 0 aromatic heterocycles. The molecule has 0 aliphatic carbocycles. The Morgan fingerprint density at radius 1 is 1.09 bits per heavy atom. The Bertz CT molecular complexity index is 1060. The molecular weight excluding hydrogens is 434 g/mol. The molecule has 3 amide bonds. The zero-order valence-corrected chi connectivity index (χ0v) is 19.6. The Hall–Kier alpha value is -3.55. The van der Waals surface area contributed by atoms with Crippen LogP contribution in [0.25, 0.3) is 0 Å². The summed E-state index contributed by atoms with van der Waals surface area (Å²) in [6.07, 6.45) is 0.260. The number of para-hydroxylation sites is 1. The van der Waals surface area contributed by atoms with Crippen molar-refractivity contribution < 1.29 is 24.2 Å². The zero-order chi connectivity index (χ0) is 24.2. The van der Waals surface area contributed by atoms with Crippen molar-refractivity contribution in [3.8, 4) is 0 Å². The molecule has 0 radical (unpaired) electrons. The van der Waals surface area contributed by atoms with Gasteiger partial charge < -0.3 is 25.0 Å². The fourth-order valence-corrected chi connectivity index (χ4v) is 4.87. The van der Waals surface area contributed by atoms with Gasteiger partial charge in [-0.05, 0) is 50.3 Å². The predicted molar refractivity (Wildman–Crippen MR) is 128 cm³/mol. The Balaban J connectivity index is 1.33. The highest BCUT2D eigenvalue weighted by molar-refractivity contribution is 5.91. The van der Waals surface area contributed by atoms with Gasteiger partial charge in [-0.15, -0.1) is 0 Å². The van der Waals surface area contributed by atoms with Crippen LogP contribution < -0.4 is 5.32 Å². The van der Waals surface area contributed by atoms with E-state index in [0.29, 0.717) is 32.5 Å². The number of amides is 3. The topological polar surface area (TPSA) is 99.2 Å². The third-order valence-electron chi connectivity index (χ3n) is 6.53. The van der Waals surface area contributed by atoms with Crippen LogP contribution in [0.5, 0.6) is 0 Å². The van der Waals surface area contributed by atoms with Crippen LogP contribution in [-0.4, -0.2) is 64.8 Å². The number of aliphatic carboxylic acids is 1. The largest absolute Gasteiger partial charge is 0.478 e. The number of carbonyl (C=O) groups excluding carboxylic acids is 2. The molecule has 2 aliphatic rings. The summed E-state index contributed by atoms with van der Waals surface area (Å²) in [5, 5.41) is 12.6. The van der Waals surface area contributed by atoms with Crippen molar-refractivity contribution in [2.24, 2.45) is 0 Å². The van der Waals surface area contributed by atoms with Gasteiger partial charge in [-0.1, -0.05) is 47.5 Å². The molecule has 2 aliphatic heterocycles. The number of piperidine rings is 1. The van der Waals surface area contributed by atoms with Crippen molar-refractivity contribution in [3.05, 3.63) is 64.7 Å². The van der Waals surface area contributed by atoms with Crippen molar-refractivity contribution >= 4 is 23.8 Å². The van der Waals surface area contributed by atoms with Crippen LogP contribution in [0.1, 0.15) is 35.1 Å². The Labute approximate surface area is 199 Å². The van der Waals surface area contributed by atoms with Gasteiger partial charge in [0.1, 0.15) is 0 Å². The molecule has 180 valence electrons. The van der Waals surface area contributed by atoms with Gasteiger partial charge in [-0.25, -0.2) is 14.4 Å². The van der Waals surface area contributed by atoms with Crippen LogP contribution in [0.2, 0.25) is 0 Å². The molecule has 1 fully saturated rings. The van der Waals surface area contributed by atoms with Gasteiger partial charge in [0.15, 0.2) is 0 Å². The number of carbonyl (C=O) groups is 3. The van der Waals surface area contributed by atoms with E-state index < -0.39 is 18.2 Å². The lowest BCUT2D eigenvalue weighted by Crippen LogP contribution is -2.50. The number of nitrogens with one attached hydrogen (secondary N) is 1. The quantitative estimate of drug-likeness (QED) is 0.696. The predicted octanol–water partition coefficient (Wildman–Crippen LogP) is 3.99. The Kier molecular flexibility index (Phi) is 7.05. The third kappa shape index (κ3) is 5.50. The molecule has 0 spiro atoms. The highest BCUT2D eigenvalue weighted by Gasteiger charge is 2.33. The van der Waals surface area contributed by atoms with Crippen molar-refractivity contribution in [1.29, 1.82) is 0 Å². The third-order valence-corrected chi connectivity index (χ3v) is 6.53. The monoisotopic (exact) mass is 465 g/mol. The van der Waals surface area contributed by atoms with Gasteiger partial charge in [0.05, 0.1) is 0 Å². The van der Waals surface area contributed by atoms with Gasteiger partial charge in [-0.2, -0.15) is 0 Å². The number of carboxylic acids is 1. The number of benzene rings is 2. The summed E-state index contributed by atoms with van der Waals surface area (Å²) < 4.78 is 5.39. The number of carboxylic acid groups (broad SMARTS) is 1. The first kappa shape index (κ1) is 23.6. The number of hydrogen-bond acceptors (Lipinski definition) is 4. The van der Waals surface area contributed by atoms with Crippen molar-refractivity contribution in [3.63, 3.8) is 0 Å². The summed E-state index contributed by atoms with van der Waals surface area (Å²) >= 11 is 0. The molecular formula is C26H31N3O5. The van der Waals surface area contributed by atoms with E-state index in [1.165, 1.54) is 0 Å². The molecule has 8 nitrogen and oxygen atoms in total. The first-order valence-corrected chi connectivity index (χ1v) is 11.7. The minimum Gasteiger partial charge on any atom is -0.478 e. The minimum atomic E-state index is -1.25. The van der Waals surface area contributed by atoms with Gasteiger partial charge in [0.25, 0.3) is 0 Å². The zero-order valence-electron chi connectivity index (χ0n) is 19.6. The van der Waals surface area contributed by atoms with E-state index in [1.54, 1.807) is 4.90 Å². The number of anilines is 1. The van der Waals surface area contributed by atoms with Crippen molar-refractivity contribution in [1.82, 2.24) is 9.80 Å². The molecule has 2 aromatic rings. The minimum absolute atomic E-state index is 0.0175. The average Bonchev–Trinajstić information content (AvgIpc) is 2.96. The number of likely N-dealkylation sites (tertiary alicyclic amines) is 1. The fourth-order valence-electron chi connectivity index (χ4n) is 4.87. The fraction of sp³-hybridized carbons (Fsp3) is 0.423. The molecule has 1 saturated heterocycles. The molecule has 2 N–H and O–H groups in total. The second kappa shape index (κ2) is 10.2. The summed E-state index contributed by atoms with van der Waals surface area (Å²) in [4.78, 5) is 40.7. The lowest BCUT2D eigenvalue weighted by Gasteiger charge is -2.37. The number of fused-ring (bicyclic) bond motifs is 1. The Morgan fingerprint density at radius 3 is 2.44 bits per heavy atom. The van der Waals surface area contributed by atoms with Gasteiger partial charge in [0, 0.05) is 37.8 Å². The number of nitrogens with zero attached hydrogens (tertiary/aromatic N) is 2. The van der Waals surface area contributed by atoms with Gasteiger partial charge >= 0.3 is 18.1 Å². The summed E-state index contributed by atoms with van der Waals surface area (Å²) in [5.74, 6) is -1.16. The van der Waals surface area contributed by atoms with E-state index in [0.717, 1.165) is 34.4 Å². The van der Waals surface area contributed by atoms with E-state index >= 15 is 0 Å². The lowest BCUT2D eigenvalue weighted by atomic mass is 10.0. The van der Waals surface area contributed by atoms with Crippen LogP contribution >= 0.6 is 0 Å². The number of ether oxygens (including phenoxy) is 1. The molecule has 1 unspecified atom stereocenters. The highest BCUT2D eigenvalue weighted by Crippen LogP contribution is 2.25. The van der Waals surface area contributed by atoms with Crippen LogP contribution in [0.3, 0.4) is 0 Å². The Morgan fingerprint density at radius 2 is 1.76 bits per heavy atom. The second-order valence-corrected chi connectivity index (χ2v) is 9.16. The number of urea groups is 1. The van der Waals surface area contributed by atoms with Crippen LogP contribution in [0.15, 0.2) is 42.5 Å². The van der Waals surface area contributed by atoms with E-state index in [2.05, 4.69) is 5.32 Å². The molecule has 1 atom stereocenters. The SMILES string of the molecule is Cc1cc(C)cc(CC(OC(=O)N2CCC(N3CCc4ccccc4NC3=O)CC2)C(=O)O)c1. The maximum atomic E-state index is 12.8. The second-order valence-electron chi connectivity index (χ2n) is 9.16. The molecule has 2 heterocycles. The van der Waals surface area contributed by atoms with Crippen LogP contribution in [0.4, 0.5) is 15.3 Å². The first-order chi connectivity index (χ1) is 16.3. The maximum Gasteiger partial charge on any atom is 0.410 e. The summed E-state index contributed by atoms with van der Waals surface area (Å²) in [5.41, 5.74) is 4.85. The van der Waals surface area contributed by atoms with Gasteiger partial charge in [0.2, 0.25) is 6.10 Å². The first-order valence-electron chi connectivity index (χ1n) is 11.7. The number of rotatable bonds is 5. The molecule has 0 saturated carbocycles. The normalized spacial score (nSPS) is 17.4. The molecule has 2 aromatic carbocycles. The lowest BCUT2D eigenvalue weighted by molar-refractivity contribution is -0.147. The molecule has 34 heavy (non-hydrogen) atoms. The average molecular weight is 466 g/mol. The van der Waals surface area contributed by atoms with E-state index in [-0.39, 0.29) is 18.5 Å². The molecule has 4 rings (SSSR count). The molecule has 0 bridgehead atoms. The van der Waals surface area contributed by atoms with E-state index in [9.17, 15) is 19.5 Å². The van der Waals surface area contributed by atoms with Crippen molar-refractivity contribution in [2.75, 3.05) is 25.0 Å². The maximum absolute atomic E-state index is 12.8. The van der Waals surface area contributed by atoms with Crippen LogP contribution in [-0.2, 0) is 22.4 Å².